The van der Waals surface area contributed by atoms with Crippen molar-refractivity contribution in [3.05, 3.63) is 24.3 Å². The molecule has 0 aromatic rings. The minimum absolute atomic E-state index is 0.0954. The fourth-order valence-corrected chi connectivity index (χ4v) is 3.34. The average Bonchev–Trinajstić information content (AvgIpc) is 2.99. The molecule has 2 aliphatic rings. The molecule has 7 heteroatoms. The van der Waals surface area contributed by atoms with Gasteiger partial charge in [0.2, 0.25) is 5.91 Å². The van der Waals surface area contributed by atoms with Gasteiger partial charge in [-0.2, -0.15) is 0 Å². The van der Waals surface area contributed by atoms with Gasteiger partial charge in [-0.05, 0) is 32.3 Å². The summed E-state index contributed by atoms with van der Waals surface area (Å²) in [6.07, 6.45) is 3.91. The summed E-state index contributed by atoms with van der Waals surface area (Å²) in [5.41, 5.74) is 0.555. The number of β-lactam (4-membered cyclic amide) rings is 1. The first-order valence-electron chi connectivity index (χ1n) is 8.59. The highest BCUT2D eigenvalue weighted by Gasteiger charge is 2.43. The fourth-order valence-electron chi connectivity index (χ4n) is 3.34. The SMILES string of the molecule is C=CCOC(=O)N1CCC[C@@H]1C=C(C)C(=O)C[C@H]1NC(=O)[C@@H]1[C@@H](C)O. The zero-order chi connectivity index (χ0) is 18.6. The third-order valence-electron chi connectivity index (χ3n) is 4.73. The summed E-state index contributed by atoms with van der Waals surface area (Å²) >= 11 is 0. The Morgan fingerprint density at radius 3 is 2.84 bits per heavy atom. The van der Waals surface area contributed by atoms with Gasteiger partial charge in [0.05, 0.1) is 24.1 Å². The van der Waals surface area contributed by atoms with E-state index >= 15 is 0 Å². The molecule has 0 aromatic carbocycles. The molecule has 2 aliphatic heterocycles. The molecule has 2 rings (SSSR count). The van der Waals surface area contributed by atoms with E-state index < -0.39 is 18.1 Å². The number of ether oxygens (including phenoxy) is 1. The maximum atomic E-state index is 12.4. The number of likely N-dealkylation sites (tertiary alicyclic amines) is 1. The van der Waals surface area contributed by atoms with Crippen LogP contribution in [-0.2, 0) is 14.3 Å². The Hall–Kier alpha value is -2.15. The van der Waals surface area contributed by atoms with Gasteiger partial charge < -0.3 is 20.1 Å². The second kappa shape index (κ2) is 8.29. The van der Waals surface area contributed by atoms with E-state index in [0.29, 0.717) is 12.1 Å². The molecule has 0 unspecified atom stereocenters. The van der Waals surface area contributed by atoms with Crippen LogP contribution in [0.4, 0.5) is 4.79 Å². The Bertz CT molecular complexity index is 584. The van der Waals surface area contributed by atoms with Crippen molar-refractivity contribution in [2.24, 2.45) is 5.92 Å². The second-order valence-electron chi connectivity index (χ2n) is 6.63. The third-order valence-corrected chi connectivity index (χ3v) is 4.73. The van der Waals surface area contributed by atoms with Crippen LogP contribution in [0.15, 0.2) is 24.3 Å². The number of allylic oxidation sites excluding steroid dienone is 1. The standard InChI is InChI=1S/C18H26N2O5/c1-4-8-25-18(24)20-7-5-6-13(20)9-11(2)15(22)10-14-16(12(3)21)17(23)19-14/h4,9,12-14,16,21H,1,5-8,10H2,2-3H3,(H,19,23)/t12-,13-,14-,16-/m1/s1. The largest absolute Gasteiger partial charge is 0.445 e. The zero-order valence-electron chi connectivity index (χ0n) is 14.7. The summed E-state index contributed by atoms with van der Waals surface area (Å²) < 4.78 is 5.07. The Morgan fingerprint density at radius 1 is 1.52 bits per heavy atom. The van der Waals surface area contributed by atoms with E-state index in [1.54, 1.807) is 24.8 Å². The normalized spacial score (nSPS) is 27.3. The van der Waals surface area contributed by atoms with E-state index in [-0.39, 0.29) is 36.8 Å². The van der Waals surface area contributed by atoms with Crippen molar-refractivity contribution in [2.45, 2.75) is 51.3 Å². The van der Waals surface area contributed by atoms with Crippen LogP contribution in [0.5, 0.6) is 0 Å². The van der Waals surface area contributed by atoms with Crippen LogP contribution in [0.2, 0.25) is 0 Å². The van der Waals surface area contributed by atoms with Crippen LogP contribution < -0.4 is 5.32 Å². The molecule has 0 radical (unpaired) electrons. The second-order valence-corrected chi connectivity index (χ2v) is 6.63. The van der Waals surface area contributed by atoms with E-state index in [9.17, 15) is 19.5 Å². The molecule has 0 aliphatic carbocycles. The summed E-state index contributed by atoms with van der Waals surface area (Å²) in [6, 6.07) is -0.495. The lowest BCUT2D eigenvalue weighted by Crippen LogP contribution is -2.62. The summed E-state index contributed by atoms with van der Waals surface area (Å²) in [6.45, 7) is 7.54. The molecule has 7 nitrogen and oxygen atoms in total. The maximum Gasteiger partial charge on any atom is 0.410 e. The molecule has 4 atom stereocenters. The van der Waals surface area contributed by atoms with Gasteiger partial charge >= 0.3 is 6.09 Å². The molecule has 2 amide bonds. The number of nitrogens with zero attached hydrogens (tertiary/aromatic N) is 1. The Labute approximate surface area is 147 Å². The Kier molecular flexibility index (Phi) is 6.36. The van der Waals surface area contributed by atoms with Gasteiger partial charge in [-0.1, -0.05) is 18.7 Å². The summed E-state index contributed by atoms with van der Waals surface area (Å²) in [5, 5.41) is 12.3. The van der Waals surface area contributed by atoms with Crippen molar-refractivity contribution in [2.75, 3.05) is 13.2 Å². The molecule has 0 bridgehead atoms. The van der Waals surface area contributed by atoms with Crippen molar-refractivity contribution < 1.29 is 24.2 Å². The summed E-state index contributed by atoms with van der Waals surface area (Å²) in [4.78, 5) is 37.5. The van der Waals surface area contributed by atoms with Gasteiger partial charge in [0, 0.05) is 13.0 Å². The molecule has 2 fully saturated rings. The summed E-state index contributed by atoms with van der Waals surface area (Å²) in [7, 11) is 0. The van der Waals surface area contributed by atoms with Crippen molar-refractivity contribution in [3.63, 3.8) is 0 Å². The van der Waals surface area contributed by atoms with E-state index in [0.717, 1.165) is 12.8 Å². The number of ketones is 1. The maximum absolute atomic E-state index is 12.4. The van der Waals surface area contributed by atoms with Gasteiger partial charge in [0.25, 0.3) is 0 Å². The minimum atomic E-state index is -0.777. The number of nitrogens with one attached hydrogen (secondary N) is 1. The van der Waals surface area contributed by atoms with Gasteiger partial charge in [0.1, 0.15) is 6.61 Å². The molecular formula is C18H26N2O5. The molecule has 2 N–H and O–H groups in total. The first-order chi connectivity index (χ1) is 11.8. The molecule has 25 heavy (non-hydrogen) atoms. The van der Waals surface area contributed by atoms with Crippen molar-refractivity contribution >= 4 is 17.8 Å². The van der Waals surface area contributed by atoms with Crippen LogP contribution in [0, 0.1) is 5.92 Å². The predicted octanol–water partition coefficient (Wildman–Crippen LogP) is 1.17. The molecular weight excluding hydrogens is 324 g/mol. The number of Topliss-reactive ketones (excluding diaryl/α,β-unsaturated/α-hetero) is 1. The zero-order valence-corrected chi connectivity index (χ0v) is 14.7. The van der Waals surface area contributed by atoms with Crippen molar-refractivity contribution in [3.8, 4) is 0 Å². The third kappa shape index (κ3) is 4.48. The summed E-state index contributed by atoms with van der Waals surface area (Å²) in [5.74, 6) is -0.850. The van der Waals surface area contributed by atoms with Gasteiger partial charge in [-0.25, -0.2) is 4.79 Å². The highest BCUT2D eigenvalue weighted by atomic mass is 16.6. The van der Waals surface area contributed by atoms with Crippen molar-refractivity contribution in [1.82, 2.24) is 10.2 Å². The number of hydrogen-bond donors (Lipinski definition) is 2. The lowest BCUT2D eigenvalue weighted by Gasteiger charge is -2.38. The van der Waals surface area contributed by atoms with E-state index in [2.05, 4.69) is 11.9 Å². The van der Waals surface area contributed by atoms with Gasteiger partial charge in [-0.3, -0.25) is 9.59 Å². The number of aliphatic hydroxyl groups excluding tert-OH is 1. The predicted molar refractivity (Wildman–Crippen MR) is 91.8 cm³/mol. The smallest absolute Gasteiger partial charge is 0.410 e. The number of hydrogen-bond acceptors (Lipinski definition) is 5. The number of amides is 2. The minimum Gasteiger partial charge on any atom is -0.445 e. The highest BCUT2D eigenvalue weighted by Crippen LogP contribution is 2.25. The quantitative estimate of drug-likeness (QED) is 0.408. The van der Waals surface area contributed by atoms with Crippen LogP contribution in [-0.4, -0.2) is 59.1 Å². The number of rotatable bonds is 7. The van der Waals surface area contributed by atoms with Crippen LogP contribution in [0.3, 0.4) is 0 Å². The molecule has 0 spiro atoms. The van der Waals surface area contributed by atoms with Gasteiger partial charge in [0.15, 0.2) is 5.78 Å². The average molecular weight is 350 g/mol. The first-order valence-corrected chi connectivity index (χ1v) is 8.59. The number of carbonyl (C=O) groups excluding carboxylic acids is 3. The van der Waals surface area contributed by atoms with Crippen LogP contribution >= 0.6 is 0 Å². The topological polar surface area (TPSA) is 95.9 Å². The van der Waals surface area contributed by atoms with E-state index in [1.165, 1.54) is 6.08 Å². The fraction of sp³-hybridized carbons (Fsp3) is 0.611. The lowest BCUT2D eigenvalue weighted by atomic mass is 9.82. The molecule has 2 heterocycles. The highest BCUT2D eigenvalue weighted by molar-refractivity contribution is 5.97. The van der Waals surface area contributed by atoms with E-state index in [4.69, 9.17) is 4.74 Å². The Morgan fingerprint density at radius 2 is 2.24 bits per heavy atom. The first kappa shape index (κ1) is 19.2. The van der Waals surface area contributed by atoms with Gasteiger partial charge in [-0.15, -0.1) is 0 Å². The van der Waals surface area contributed by atoms with Crippen LogP contribution in [0.25, 0.3) is 0 Å². The number of aliphatic hydroxyl groups is 1. The van der Waals surface area contributed by atoms with Crippen molar-refractivity contribution in [1.29, 1.82) is 0 Å². The molecule has 2 saturated heterocycles. The molecule has 0 aromatic heterocycles. The van der Waals surface area contributed by atoms with E-state index in [1.807, 2.05) is 0 Å². The van der Waals surface area contributed by atoms with Crippen LogP contribution in [0.1, 0.15) is 33.1 Å². The molecule has 138 valence electrons. The lowest BCUT2D eigenvalue weighted by molar-refractivity contribution is -0.141. The molecule has 0 saturated carbocycles. The monoisotopic (exact) mass is 350 g/mol. The number of carbonyl (C=O) groups is 3. The Balaban J connectivity index is 1.95.